The number of piperidine rings is 1. The number of methoxy groups -OCH3 is 1. The molecule has 1 saturated heterocycles. The molecular weight excluding hydrogens is 438 g/mol. The number of benzene rings is 2. The lowest BCUT2D eigenvalue weighted by Gasteiger charge is -2.38. The van der Waals surface area contributed by atoms with E-state index in [-0.39, 0.29) is 0 Å². The number of rotatable bonds is 5. The van der Waals surface area contributed by atoms with E-state index in [0.29, 0.717) is 24.3 Å². The molecule has 1 fully saturated rings. The normalized spacial score (nSPS) is 18.0. The van der Waals surface area contributed by atoms with Crippen LogP contribution in [0.2, 0.25) is 0 Å². The minimum atomic E-state index is -0.827. The third kappa shape index (κ3) is 4.79. The Bertz CT molecular complexity index is 1270. The Labute approximate surface area is 206 Å². The van der Waals surface area contributed by atoms with Gasteiger partial charge in [-0.1, -0.05) is 24.3 Å². The van der Waals surface area contributed by atoms with Crippen LogP contribution in [0.5, 0.6) is 17.4 Å². The van der Waals surface area contributed by atoms with Crippen LogP contribution in [-0.4, -0.2) is 41.7 Å². The van der Waals surface area contributed by atoms with Gasteiger partial charge in [-0.3, -0.25) is 0 Å². The number of allylic oxidation sites excluding steroid dienone is 1. The first-order valence-corrected chi connectivity index (χ1v) is 12.0. The molecule has 0 bridgehead atoms. The fourth-order valence-electron chi connectivity index (χ4n) is 5.01. The smallest absolute Gasteiger partial charge is 0.226 e. The molecule has 6 heteroatoms. The summed E-state index contributed by atoms with van der Waals surface area (Å²) in [4.78, 5) is 6.88. The molecule has 0 saturated carbocycles. The van der Waals surface area contributed by atoms with E-state index in [2.05, 4.69) is 28.1 Å². The second-order valence-electron chi connectivity index (χ2n) is 9.15. The molecule has 0 amide bonds. The minimum Gasteiger partial charge on any atom is -0.496 e. The van der Waals surface area contributed by atoms with Crippen LogP contribution in [0.15, 0.2) is 66.9 Å². The zero-order valence-electron chi connectivity index (χ0n) is 19.9. The predicted molar refractivity (Wildman–Crippen MR) is 134 cm³/mol. The van der Waals surface area contributed by atoms with Crippen molar-refractivity contribution < 1.29 is 14.6 Å². The van der Waals surface area contributed by atoms with Gasteiger partial charge < -0.3 is 19.5 Å². The van der Waals surface area contributed by atoms with Crippen molar-refractivity contribution in [2.75, 3.05) is 26.7 Å². The summed E-state index contributed by atoms with van der Waals surface area (Å²) in [5.41, 5.74) is 3.91. The molecule has 35 heavy (non-hydrogen) atoms. The zero-order chi connectivity index (χ0) is 24.3. The molecule has 0 radical (unpaired) electrons. The van der Waals surface area contributed by atoms with Crippen LogP contribution < -0.4 is 9.47 Å². The molecule has 2 aliphatic rings. The molecule has 0 spiro atoms. The maximum Gasteiger partial charge on any atom is 0.226 e. The summed E-state index contributed by atoms with van der Waals surface area (Å²) in [6, 6.07) is 19.3. The van der Waals surface area contributed by atoms with E-state index in [0.717, 1.165) is 60.7 Å². The first-order valence-electron chi connectivity index (χ1n) is 12.0. The van der Waals surface area contributed by atoms with Gasteiger partial charge in [-0.25, -0.2) is 4.98 Å². The Morgan fingerprint density at radius 2 is 1.94 bits per heavy atom. The molecule has 0 unspecified atom stereocenters. The molecule has 0 atom stereocenters. The number of aromatic nitrogens is 1. The van der Waals surface area contributed by atoms with Gasteiger partial charge >= 0.3 is 0 Å². The second kappa shape index (κ2) is 9.91. The van der Waals surface area contributed by atoms with Crippen molar-refractivity contribution in [3.05, 3.63) is 89.1 Å². The largest absolute Gasteiger partial charge is 0.496 e. The molecule has 0 aliphatic carbocycles. The maximum atomic E-state index is 11.2. The van der Waals surface area contributed by atoms with Crippen LogP contribution in [0.25, 0.3) is 5.57 Å². The average molecular weight is 468 g/mol. The van der Waals surface area contributed by atoms with E-state index >= 15 is 0 Å². The number of fused-ring (bicyclic) bond motifs is 2. The average Bonchev–Trinajstić information content (AvgIpc) is 3.06. The van der Waals surface area contributed by atoms with Crippen LogP contribution in [0.4, 0.5) is 0 Å². The highest BCUT2D eigenvalue weighted by Crippen LogP contribution is 2.41. The van der Waals surface area contributed by atoms with Crippen LogP contribution in [0, 0.1) is 11.3 Å². The van der Waals surface area contributed by atoms with Crippen molar-refractivity contribution in [3.8, 4) is 23.4 Å². The fourth-order valence-corrected chi connectivity index (χ4v) is 5.01. The molecule has 2 aromatic carbocycles. The Kier molecular flexibility index (Phi) is 6.54. The lowest BCUT2D eigenvalue weighted by atomic mass is 9.84. The molecule has 6 nitrogen and oxygen atoms in total. The molecule has 2 aliphatic heterocycles. The first-order chi connectivity index (χ1) is 17.1. The lowest BCUT2D eigenvalue weighted by Crippen LogP contribution is -2.42. The Morgan fingerprint density at radius 3 is 2.69 bits per heavy atom. The number of pyridine rings is 1. The van der Waals surface area contributed by atoms with Gasteiger partial charge in [0.2, 0.25) is 5.88 Å². The number of likely N-dealkylation sites (tertiary alicyclic amines) is 1. The third-order valence-corrected chi connectivity index (χ3v) is 7.07. The van der Waals surface area contributed by atoms with Gasteiger partial charge in [0.15, 0.2) is 0 Å². The van der Waals surface area contributed by atoms with E-state index in [9.17, 15) is 5.11 Å². The summed E-state index contributed by atoms with van der Waals surface area (Å²) in [6.07, 6.45) is 7.01. The van der Waals surface area contributed by atoms with Crippen molar-refractivity contribution in [2.45, 2.75) is 31.3 Å². The van der Waals surface area contributed by atoms with Crippen molar-refractivity contribution in [2.24, 2.45) is 0 Å². The van der Waals surface area contributed by atoms with Crippen molar-refractivity contribution in [3.63, 3.8) is 0 Å². The Morgan fingerprint density at radius 1 is 1.14 bits per heavy atom. The maximum absolute atomic E-state index is 11.2. The highest BCUT2D eigenvalue weighted by atomic mass is 16.5. The van der Waals surface area contributed by atoms with Gasteiger partial charge in [0.1, 0.15) is 11.5 Å². The zero-order valence-corrected chi connectivity index (χ0v) is 19.9. The number of nitriles is 1. The summed E-state index contributed by atoms with van der Waals surface area (Å²) >= 11 is 0. The summed E-state index contributed by atoms with van der Waals surface area (Å²) in [5.74, 6) is 2.22. The monoisotopic (exact) mass is 467 g/mol. The highest BCUT2D eigenvalue weighted by Gasteiger charge is 2.33. The predicted octanol–water partition coefficient (Wildman–Crippen LogP) is 5.07. The molecule has 1 aromatic heterocycles. The molecule has 178 valence electrons. The lowest BCUT2D eigenvalue weighted by molar-refractivity contribution is -0.0254. The van der Waals surface area contributed by atoms with Gasteiger partial charge in [0, 0.05) is 43.4 Å². The number of hydrogen-bond acceptors (Lipinski definition) is 6. The summed E-state index contributed by atoms with van der Waals surface area (Å²) in [6.45, 7) is 2.58. The summed E-state index contributed by atoms with van der Waals surface area (Å²) < 4.78 is 11.8. The topological polar surface area (TPSA) is 78.6 Å². The minimum absolute atomic E-state index is 0.615. The van der Waals surface area contributed by atoms with E-state index in [1.54, 1.807) is 25.4 Å². The van der Waals surface area contributed by atoms with Crippen LogP contribution in [-0.2, 0) is 12.0 Å². The Hall–Kier alpha value is -3.66. The van der Waals surface area contributed by atoms with Gasteiger partial charge in [-0.05, 0) is 66.8 Å². The van der Waals surface area contributed by atoms with Crippen molar-refractivity contribution in [1.29, 1.82) is 5.26 Å². The van der Waals surface area contributed by atoms with E-state index in [1.807, 2.05) is 36.4 Å². The molecule has 1 N–H and O–H groups in total. The fraction of sp³-hybridized carbons (Fsp3) is 0.310. The molecule has 5 rings (SSSR count). The second-order valence-corrected chi connectivity index (χ2v) is 9.15. The van der Waals surface area contributed by atoms with Crippen molar-refractivity contribution >= 4 is 5.57 Å². The standard InChI is InChI=1S/C29H29N3O3/c1-34-26-7-2-8-27-25(26)19-22(24-6-3-15-31-28(24)35-27)5-4-16-32-17-13-29(33,14-18-32)23-11-9-21(20-30)10-12-23/h2-3,5-12,15,33H,4,13-14,16-19H2,1H3. The highest BCUT2D eigenvalue weighted by molar-refractivity contribution is 5.74. The van der Waals surface area contributed by atoms with Crippen LogP contribution >= 0.6 is 0 Å². The third-order valence-electron chi connectivity index (χ3n) is 7.07. The number of hydrogen-bond donors (Lipinski definition) is 1. The number of aliphatic hydroxyl groups is 1. The quantitative estimate of drug-likeness (QED) is 0.565. The van der Waals surface area contributed by atoms with Gasteiger partial charge in [-0.15, -0.1) is 0 Å². The SMILES string of the molecule is COc1cccc2c1CC(=CCCN1CCC(O)(c3ccc(C#N)cc3)CC1)c1cccnc1O2. The summed E-state index contributed by atoms with van der Waals surface area (Å²) in [7, 11) is 1.69. The van der Waals surface area contributed by atoms with E-state index in [4.69, 9.17) is 14.7 Å². The van der Waals surface area contributed by atoms with Crippen LogP contribution in [0.1, 0.15) is 41.5 Å². The van der Waals surface area contributed by atoms with Gasteiger partial charge in [0.05, 0.1) is 24.3 Å². The van der Waals surface area contributed by atoms with Crippen molar-refractivity contribution in [1.82, 2.24) is 9.88 Å². The van der Waals surface area contributed by atoms with E-state index < -0.39 is 5.60 Å². The molecule has 3 aromatic rings. The summed E-state index contributed by atoms with van der Waals surface area (Å²) in [5, 5.41) is 20.2. The van der Waals surface area contributed by atoms with E-state index in [1.165, 1.54) is 5.57 Å². The van der Waals surface area contributed by atoms with Crippen LogP contribution in [0.3, 0.4) is 0 Å². The first kappa shape index (κ1) is 23.1. The molecular formula is C29H29N3O3. The number of ether oxygens (including phenoxy) is 2. The van der Waals surface area contributed by atoms with Gasteiger partial charge in [0.25, 0.3) is 0 Å². The number of nitrogens with zero attached hydrogens (tertiary/aromatic N) is 3. The van der Waals surface area contributed by atoms with Gasteiger partial charge in [-0.2, -0.15) is 5.26 Å². The Balaban J connectivity index is 1.27. The molecule has 3 heterocycles.